The third-order valence-corrected chi connectivity index (χ3v) is 6.25. The minimum atomic E-state index is -3.91. The van der Waals surface area contributed by atoms with Crippen LogP contribution in [0.3, 0.4) is 0 Å². The van der Waals surface area contributed by atoms with E-state index >= 15 is 0 Å². The maximum Gasteiger partial charge on any atom is 0.267 e. The van der Waals surface area contributed by atoms with Crippen molar-refractivity contribution in [2.75, 3.05) is 16.7 Å². The van der Waals surface area contributed by atoms with E-state index in [1.165, 1.54) is 41.3 Å². The molecule has 7 nitrogen and oxygen atoms in total. The van der Waals surface area contributed by atoms with Gasteiger partial charge in [0.25, 0.3) is 15.9 Å². The van der Waals surface area contributed by atoms with Gasteiger partial charge in [0.2, 0.25) is 0 Å². The topological polar surface area (TPSA) is 99.5 Å². The summed E-state index contributed by atoms with van der Waals surface area (Å²) in [6, 6.07) is 10.9. The van der Waals surface area contributed by atoms with Gasteiger partial charge in [-0.3, -0.25) is 9.52 Å². The van der Waals surface area contributed by atoms with Crippen molar-refractivity contribution in [2.45, 2.75) is 17.9 Å². The Morgan fingerprint density at radius 1 is 1.27 bits per heavy atom. The molecule has 26 heavy (non-hydrogen) atoms. The lowest BCUT2D eigenvalue weighted by Crippen LogP contribution is -2.42. The van der Waals surface area contributed by atoms with Gasteiger partial charge in [0.15, 0.2) is 6.10 Å². The largest absolute Gasteiger partial charge is 0.479 e. The highest BCUT2D eigenvalue weighted by molar-refractivity contribution is 9.10. The molecule has 1 aliphatic rings. The van der Waals surface area contributed by atoms with Crippen LogP contribution in [0, 0.1) is 11.3 Å². The lowest BCUT2D eigenvalue weighted by Gasteiger charge is -2.30. The summed E-state index contributed by atoms with van der Waals surface area (Å²) in [5, 5.41) is 8.81. The Hall–Kier alpha value is -2.57. The number of carbonyl (C=O) groups is 1. The zero-order chi connectivity index (χ0) is 19.1. The van der Waals surface area contributed by atoms with Crippen molar-refractivity contribution in [3.8, 4) is 11.8 Å². The van der Waals surface area contributed by atoms with Crippen LogP contribution in [0.1, 0.15) is 12.5 Å². The molecule has 1 heterocycles. The number of hydrogen-bond donors (Lipinski definition) is 1. The standard InChI is InChI=1S/C17H14BrN3O4S/c1-10-17(22)21(2)14-7-13(18)16(8-15(14)25-10)26(23,24)20-12-5-3-11(9-19)4-6-12/h3-8,10,20H,1-2H3. The van der Waals surface area contributed by atoms with E-state index < -0.39 is 16.1 Å². The molecule has 1 unspecified atom stereocenters. The molecule has 0 aliphatic carbocycles. The zero-order valence-corrected chi connectivity index (χ0v) is 16.3. The van der Waals surface area contributed by atoms with Gasteiger partial charge in [-0.05, 0) is 53.2 Å². The third-order valence-electron chi connectivity index (χ3n) is 3.91. The Morgan fingerprint density at radius 3 is 2.54 bits per heavy atom. The summed E-state index contributed by atoms with van der Waals surface area (Å²) in [5.74, 6) is 0.0960. The molecule has 1 atom stereocenters. The molecule has 0 spiro atoms. The number of benzene rings is 2. The minimum absolute atomic E-state index is 0.0180. The van der Waals surface area contributed by atoms with Crippen LogP contribution in [0.25, 0.3) is 0 Å². The summed E-state index contributed by atoms with van der Waals surface area (Å²) in [6.45, 7) is 1.60. The maximum absolute atomic E-state index is 12.7. The fourth-order valence-corrected chi connectivity index (χ4v) is 4.65. The number of nitrogens with one attached hydrogen (secondary N) is 1. The lowest BCUT2D eigenvalue weighted by atomic mass is 10.2. The van der Waals surface area contributed by atoms with Gasteiger partial charge in [-0.25, -0.2) is 8.42 Å². The van der Waals surface area contributed by atoms with Gasteiger partial charge in [0.1, 0.15) is 10.6 Å². The monoisotopic (exact) mass is 435 g/mol. The summed E-state index contributed by atoms with van der Waals surface area (Å²) >= 11 is 3.25. The Kier molecular flexibility index (Phi) is 4.64. The third kappa shape index (κ3) is 3.25. The van der Waals surface area contributed by atoms with Gasteiger partial charge in [-0.15, -0.1) is 0 Å². The van der Waals surface area contributed by atoms with Gasteiger partial charge < -0.3 is 9.64 Å². The Labute approximate surface area is 159 Å². The molecule has 0 fully saturated rings. The van der Waals surface area contributed by atoms with Crippen LogP contribution < -0.4 is 14.4 Å². The first-order valence-corrected chi connectivity index (χ1v) is 9.81. The molecule has 0 aromatic heterocycles. The number of fused-ring (bicyclic) bond motifs is 1. The lowest BCUT2D eigenvalue weighted by molar-refractivity contribution is -0.125. The number of nitriles is 1. The molecule has 0 saturated carbocycles. The molecule has 1 aliphatic heterocycles. The highest BCUT2D eigenvalue weighted by Crippen LogP contribution is 2.39. The molecule has 1 N–H and O–H groups in total. The average Bonchev–Trinajstić information content (AvgIpc) is 2.60. The van der Waals surface area contributed by atoms with Crippen molar-refractivity contribution in [3.63, 3.8) is 0 Å². The van der Waals surface area contributed by atoms with E-state index in [-0.39, 0.29) is 10.8 Å². The maximum atomic E-state index is 12.7. The van der Waals surface area contributed by atoms with E-state index in [9.17, 15) is 13.2 Å². The van der Waals surface area contributed by atoms with E-state index in [1.807, 2.05) is 6.07 Å². The van der Waals surface area contributed by atoms with Crippen LogP contribution in [-0.4, -0.2) is 27.5 Å². The summed E-state index contributed by atoms with van der Waals surface area (Å²) in [6.07, 6.45) is -0.698. The predicted octanol–water partition coefficient (Wildman–Crippen LogP) is 2.87. The molecule has 0 bridgehead atoms. The first-order chi connectivity index (χ1) is 12.2. The molecule has 3 rings (SSSR count). The first-order valence-electron chi connectivity index (χ1n) is 7.53. The quantitative estimate of drug-likeness (QED) is 0.798. The number of rotatable bonds is 3. The predicted molar refractivity (Wildman–Crippen MR) is 99.6 cm³/mol. The van der Waals surface area contributed by atoms with Crippen LogP contribution in [0.5, 0.6) is 5.75 Å². The van der Waals surface area contributed by atoms with Crippen molar-refractivity contribution in [1.82, 2.24) is 0 Å². The Morgan fingerprint density at radius 2 is 1.92 bits per heavy atom. The van der Waals surface area contributed by atoms with Crippen LogP contribution in [0.15, 0.2) is 45.8 Å². The molecule has 2 aromatic rings. The Balaban J connectivity index is 1.99. The van der Waals surface area contributed by atoms with Crippen molar-refractivity contribution in [3.05, 3.63) is 46.4 Å². The summed E-state index contributed by atoms with van der Waals surface area (Å²) < 4.78 is 33.8. The SMILES string of the molecule is CC1Oc2cc(S(=O)(=O)Nc3ccc(C#N)cc3)c(Br)cc2N(C)C1=O. The highest BCUT2D eigenvalue weighted by Gasteiger charge is 2.31. The smallest absolute Gasteiger partial charge is 0.267 e. The number of hydrogen-bond acceptors (Lipinski definition) is 5. The van der Waals surface area contributed by atoms with Crippen LogP contribution >= 0.6 is 15.9 Å². The van der Waals surface area contributed by atoms with Gasteiger partial charge in [-0.1, -0.05) is 0 Å². The van der Waals surface area contributed by atoms with E-state index in [0.29, 0.717) is 27.2 Å². The zero-order valence-electron chi connectivity index (χ0n) is 13.9. The summed E-state index contributed by atoms with van der Waals surface area (Å²) in [5.41, 5.74) is 1.24. The van der Waals surface area contributed by atoms with Crippen LogP contribution in [0.4, 0.5) is 11.4 Å². The number of halogens is 1. The average molecular weight is 436 g/mol. The second-order valence-corrected chi connectivity index (χ2v) is 8.21. The number of carbonyl (C=O) groups excluding carboxylic acids is 1. The normalized spacial score (nSPS) is 16.5. The van der Waals surface area contributed by atoms with Crippen molar-refractivity contribution in [2.24, 2.45) is 0 Å². The molecule has 2 aromatic carbocycles. The second kappa shape index (κ2) is 6.63. The molecular weight excluding hydrogens is 422 g/mol. The second-order valence-electron chi connectivity index (χ2n) is 5.70. The van der Waals surface area contributed by atoms with Crippen LogP contribution in [0.2, 0.25) is 0 Å². The van der Waals surface area contributed by atoms with Gasteiger partial charge in [0.05, 0.1) is 17.3 Å². The molecule has 9 heteroatoms. The first kappa shape index (κ1) is 18.2. The highest BCUT2D eigenvalue weighted by atomic mass is 79.9. The van der Waals surface area contributed by atoms with E-state index in [2.05, 4.69) is 20.7 Å². The number of amides is 1. The fraction of sp³-hybridized carbons (Fsp3) is 0.176. The number of sulfonamides is 1. The molecule has 0 radical (unpaired) electrons. The van der Waals surface area contributed by atoms with Crippen molar-refractivity contribution >= 4 is 43.2 Å². The fourth-order valence-electron chi connectivity index (χ4n) is 2.54. The number of ether oxygens (including phenoxy) is 1. The van der Waals surface area contributed by atoms with E-state index in [1.54, 1.807) is 14.0 Å². The van der Waals surface area contributed by atoms with E-state index in [4.69, 9.17) is 10.00 Å². The molecule has 134 valence electrons. The minimum Gasteiger partial charge on any atom is -0.479 e. The van der Waals surface area contributed by atoms with E-state index in [0.717, 1.165) is 0 Å². The van der Waals surface area contributed by atoms with Crippen molar-refractivity contribution < 1.29 is 17.9 Å². The van der Waals surface area contributed by atoms with Gasteiger partial charge >= 0.3 is 0 Å². The number of anilines is 2. The Bertz CT molecular complexity index is 1030. The van der Waals surface area contributed by atoms with Gasteiger partial charge in [0, 0.05) is 23.3 Å². The van der Waals surface area contributed by atoms with Gasteiger partial charge in [-0.2, -0.15) is 5.26 Å². The molecular formula is C17H14BrN3O4S. The number of nitrogens with zero attached hydrogens (tertiary/aromatic N) is 2. The summed E-state index contributed by atoms with van der Waals surface area (Å²) in [4.78, 5) is 13.4. The number of likely N-dealkylation sites (N-methyl/N-ethyl adjacent to an activating group) is 1. The summed E-state index contributed by atoms with van der Waals surface area (Å²) in [7, 11) is -2.30. The molecule has 0 saturated heterocycles. The van der Waals surface area contributed by atoms with Crippen molar-refractivity contribution in [1.29, 1.82) is 5.26 Å². The van der Waals surface area contributed by atoms with Crippen LogP contribution in [-0.2, 0) is 14.8 Å². The molecule has 1 amide bonds.